The smallest absolute Gasteiger partial charge is 0.306 e. The summed E-state index contributed by atoms with van der Waals surface area (Å²) in [5.41, 5.74) is 1.08. The van der Waals surface area contributed by atoms with Crippen LogP contribution in [0.4, 0.5) is 0 Å². The van der Waals surface area contributed by atoms with Crippen LogP contribution >= 0.6 is 11.3 Å². The maximum Gasteiger partial charge on any atom is 0.306 e. The van der Waals surface area contributed by atoms with Gasteiger partial charge in [-0.05, 0) is 43.6 Å². The summed E-state index contributed by atoms with van der Waals surface area (Å²) < 4.78 is 5.33. The van der Waals surface area contributed by atoms with Crippen molar-refractivity contribution in [1.29, 1.82) is 0 Å². The van der Waals surface area contributed by atoms with Crippen molar-refractivity contribution in [2.45, 2.75) is 70.8 Å². The summed E-state index contributed by atoms with van der Waals surface area (Å²) in [5.74, 6) is 0.935. The number of thiophene rings is 1. The Morgan fingerprint density at radius 3 is 2.84 bits per heavy atom. The van der Waals surface area contributed by atoms with E-state index in [-0.39, 0.29) is 18.1 Å². The SMILES string of the molecule is O=C(CCC1CCCC1)OCc1nc2sc3c(c2c(=O)[nH]1)CCCC3. The molecule has 5 nitrogen and oxygen atoms in total. The number of ether oxygens (including phenoxy) is 1. The Balaban J connectivity index is 1.41. The quantitative estimate of drug-likeness (QED) is 0.822. The van der Waals surface area contributed by atoms with Gasteiger partial charge < -0.3 is 9.72 Å². The van der Waals surface area contributed by atoms with Crippen LogP contribution in [0, 0.1) is 5.92 Å². The van der Waals surface area contributed by atoms with E-state index < -0.39 is 0 Å². The highest BCUT2D eigenvalue weighted by atomic mass is 32.1. The average molecular weight is 360 g/mol. The van der Waals surface area contributed by atoms with Gasteiger partial charge in [-0.2, -0.15) is 0 Å². The van der Waals surface area contributed by atoms with Crippen molar-refractivity contribution in [2.24, 2.45) is 5.92 Å². The first-order chi connectivity index (χ1) is 12.2. The van der Waals surface area contributed by atoms with Gasteiger partial charge >= 0.3 is 5.97 Å². The summed E-state index contributed by atoms with van der Waals surface area (Å²) in [4.78, 5) is 33.8. The van der Waals surface area contributed by atoms with Crippen LogP contribution in [0.2, 0.25) is 0 Å². The van der Waals surface area contributed by atoms with E-state index in [2.05, 4.69) is 9.97 Å². The molecule has 0 spiro atoms. The minimum Gasteiger partial charge on any atom is -0.458 e. The number of carbonyl (C=O) groups excluding carboxylic acids is 1. The van der Waals surface area contributed by atoms with Crippen molar-refractivity contribution in [3.8, 4) is 0 Å². The topological polar surface area (TPSA) is 72.0 Å². The van der Waals surface area contributed by atoms with E-state index in [1.165, 1.54) is 42.5 Å². The number of hydrogen-bond donors (Lipinski definition) is 1. The Hall–Kier alpha value is -1.69. The second-order valence-corrected chi connectivity index (χ2v) is 8.34. The number of aromatic amines is 1. The molecule has 6 heteroatoms. The molecule has 134 valence electrons. The van der Waals surface area contributed by atoms with Crippen molar-refractivity contribution < 1.29 is 9.53 Å². The van der Waals surface area contributed by atoms with Gasteiger partial charge in [0.2, 0.25) is 0 Å². The molecule has 0 atom stereocenters. The third-order valence-corrected chi connectivity index (χ3v) is 6.66. The van der Waals surface area contributed by atoms with Gasteiger partial charge in [0, 0.05) is 11.3 Å². The third-order valence-electron chi connectivity index (χ3n) is 5.48. The maximum atomic E-state index is 12.4. The van der Waals surface area contributed by atoms with Crippen LogP contribution in [0.25, 0.3) is 10.2 Å². The standard InChI is InChI=1S/C19H24N2O3S/c22-16(10-9-12-5-1-2-6-12)24-11-15-20-18(23)17-13-7-3-4-8-14(13)25-19(17)21-15/h12H,1-11H2,(H,20,21,23). The van der Waals surface area contributed by atoms with Gasteiger partial charge in [-0.1, -0.05) is 25.7 Å². The molecule has 2 aliphatic carbocycles. The lowest BCUT2D eigenvalue weighted by molar-refractivity contribution is -0.145. The van der Waals surface area contributed by atoms with Gasteiger partial charge in [-0.3, -0.25) is 9.59 Å². The Bertz CT molecular complexity index is 833. The van der Waals surface area contributed by atoms with Crippen molar-refractivity contribution >= 4 is 27.5 Å². The summed E-state index contributed by atoms with van der Waals surface area (Å²) >= 11 is 1.62. The molecule has 1 N–H and O–H groups in total. The second-order valence-electron chi connectivity index (χ2n) is 7.25. The Kier molecular flexibility index (Phi) is 4.88. The largest absolute Gasteiger partial charge is 0.458 e. The minimum absolute atomic E-state index is 0.0528. The zero-order valence-corrected chi connectivity index (χ0v) is 15.3. The predicted octanol–water partition coefficient (Wildman–Crippen LogP) is 3.88. The highest BCUT2D eigenvalue weighted by molar-refractivity contribution is 7.18. The fourth-order valence-electron chi connectivity index (χ4n) is 4.12. The summed E-state index contributed by atoms with van der Waals surface area (Å²) in [7, 11) is 0. The molecule has 1 saturated carbocycles. The molecule has 4 rings (SSSR count). The number of rotatable bonds is 5. The highest BCUT2D eigenvalue weighted by Crippen LogP contribution is 2.33. The molecule has 0 saturated heterocycles. The van der Waals surface area contributed by atoms with Crippen LogP contribution in [0.5, 0.6) is 0 Å². The van der Waals surface area contributed by atoms with E-state index in [0.717, 1.165) is 35.9 Å². The number of H-pyrrole nitrogens is 1. The fraction of sp³-hybridized carbons (Fsp3) is 0.632. The number of nitrogens with one attached hydrogen (secondary N) is 1. The van der Waals surface area contributed by atoms with Gasteiger partial charge in [-0.25, -0.2) is 4.98 Å². The van der Waals surface area contributed by atoms with Crippen LogP contribution in [0.3, 0.4) is 0 Å². The van der Waals surface area contributed by atoms with Gasteiger partial charge in [-0.15, -0.1) is 11.3 Å². The van der Waals surface area contributed by atoms with Crippen LogP contribution in [-0.2, 0) is 29.0 Å². The third kappa shape index (κ3) is 3.64. The molecule has 0 bridgehead atoms. The van der Waals surface area contributed by atoms with Gasteiger partial charge in [0.1, 0.15) is 17.3 Å². The highest BCUT2D eigenvalue weighted by Gasteiger charge is 2.20. The molecule has 0 aliphatic heterocycles. The first-order valence-electron chi connectivity index (χ1n) is 9.40. The number of aromatic nitrogens is 2. The van der Waals surface area contributed by atoms with E-state index in [1.54, 1.807) is 11.3 Å². The van der Waals surface area contributed by atoms with Gasteiger partial charge in [0.15, 0.2) is 0 Å². The number of fused-ring (bicyclic) bond motifs is 3. The van der Waals surface area contributed by atoms with Crippen LogP contribution in [0.1, 0.15) is 67.6 Å². The van der Waals surface area contributed by atoms with Crippen molar-refractivity contribution in [3.63, 3.8) is 0 Å². The fourth-order valence-corrected chi connectivity index (χ4v) is 5.40. The predicted molar refractivity (Wildman–Crippen MR) is 97.9 cm³/mol. The number of carbonyl (C=O) groups is 1. The van der Waals surface area contributed by atoms with E-state index in [1.807, 2.05) is 0 Å². The van der Waals surface area contributed by atoms with E-state index >= 15 is 0 Å². The summed E-state index contributed by atoms with van der Waals surface area (Å²) in [5, 5.41) is 0.746. The molecule has 0 amide bonds. The normalized spacial score (nSPS) is 17.8. The molecule has 2 aromatic rings. The number of hydrogen-bond acceptors (Lipinski definition) is 5. The van der Waals surface area contributed by atoms with Crippen molar-refractivity contribution in [3.05, 3.63) is 26.6 Å². The minimum atomic E-state index is -0.194. The van der Waals surface area contributed by atoms with E-state index in [9.17, 15) is 9.59 Å². The number of esters is 1. The monoisotopic (exact) mass is 360 g/mol. The van der Waals surface area contributed by atoms with Gasteiger partial charge in [0.25, 0.3) is 5.56 Å². The molecule has 1 fully saturated rings. The molecule has 0 radical (unpaired) electrons. The Morgan fingerprint density at radius 2 is 2.00 bits per heavy atom. The molecule has 2 aromatic heterocycles. The van der Waals surface area contributed by atoms with Gasteiger partial charge in [0.05, 0.1) is 5.39 Å². The average Bonchev–Trinajstić information content (AvgIpc) is 3.25. The lowest BCUT2D eigenvalue weighted by Gasteiger charge is -2.09. The van der Waals surface area contributed by atoms with Crippen molar-refractivity contribution in [1.82, 2.24) is 9.97 Å². The molecule has 0 aromatic carbocycles. The first-order valence-corrected chi connectivity index (χ1v) is 10.2. The van der Waals surface area contributed by atoms with Crippen LogP contribution < -0.4 is 5.56 Å². The molecular formula is C19H24N2O3S. The Labute approximate surface area is 150 Å². The van der Waals surface area contributed by atoms with E-state index in [0.29, 0.717) is 18.2 Å². The maximum absolute atomic E-state index is 12.4. The molecule has 25 heavy (non-hydrogen) atoms. The summed E-state index contributed by atoms with van der Waals surface area (Å²) in [6.45, 7) is 0.0528. The first kappa shape index (κ1) is 16.8. The lowest BCUT2D eigenvalue weighted by atomic mass is 9.97. The van der Waals surface area contributed by atoms with Crippen LogP contribution in [0.15, 0.2) is 4.79 Å². The van der Waals surface area contributed by atoms with Crippen LogP contribution in [-0.4, -0.2) is 15.9 Å². The number of nitrogens with zero attached hydrogens (tertiary/aromatic N) is 1. The molecule has 2 heterocycles. The summed E-state index contributed by atoms with van der Waals surface area (Å²) in [6.07, 6.45) is 10.8. The Morgan fingerprint density at radius 1 is 1.20 bits per heavy atom. The lowest BCUT2D eigenvalue weighted by Crippen LogP contribution is -2.15. The summed E-state index contributed by atoms with van der Waals surface area (Å²) in [6, 6.07) is 0. The number of aryl methyl sites for hydroxylation is 2. The second kappa shape index (κ2) is 7.28. The van der Waals surface area contributed by atoms with E-state index in [4.69, 9.17) is 4.74 Å². The molecule has 2 aliphatic rings. The zero-order valence-electron chi connectivity index (χ0n) is 14.4. The molecule has 0 unspecified atom stereocenters. The molecular weight excluding hydrogens is 336 g/mol. The van der Waals surface area contributed by atoms with Crippen molar-refractivity contribution in [2.75, 3.05) is 0 Å². The zero-order chi connectivity index (χ0) is 17.2.